The molecule has 6 nitrogen and oxygen atoms in total. The van der Waals surface area contributed by atoms with E-state index in [0.29, 0.717) is 51.1 Å². The average molecular weight is 437 g/mol. The van der Waals surface area contributed by atoms with Crippen molar-refractivity contribution in [2.75, 3.05) is 26.2 Å². The molecule has 0 saturated carbocycles. The van der Waals surface area contributed by atoms with Crippen LogP contribution >= 0.6 is 15.9 Å². The van der Waals surface area contributed by atoms with E-state index in [4.69, 9.17) is 4.74 Å². The van der Waals surface area contributed by atoms with Crippen molar-refractivity contribution in [2.24, 2.45) is 5.92 Å². The molecule has 0 radical (unpaired) electrons. The standard InChI is InChI=1S/C20H25BrN2O4/c1-2-27-20(26)14-8-11-22(12-9-14)19(25)17-7-4-10-23(17)18(24)15-5-3-6-16(21)13-15/h3,5-6,13-14,17H,2,4,7-12H2,1H3. The first-order valence-corrected chi connectivity index (χ1v) is 10.3. The zero-order valence-corrected chi connectivity index (χ0v) is 17.1. The Balaban J connectivity index is 1.63. The van der Waals surface area contributed by atoms with Crippen LogP contribution in [0.4, 0.5) is 0 Å². The van der Waals surface area contributed by atoms with Crippen molar-refractivity contribution in [3.63, 3.8) is 0 Å². The number of carbonyl (C=O) groups is 3. The summed E-state index contributed by atoms with van der Waals surface area (Å²) in [6, 6.07) is 6.85. The topological polar surface area (TPSA) is 66.9 Å². The number of piperidine rings is 1. The van der Waals surface area contributed by atoms with Crippen LogP contribution in [-0.2, 0) is 14.3 Å². The van der Waals surface area contributed by atoms with Crippen molar-refractivity contribution in [3.8, 4) is 0 Å². The lowest BCUT2D eigenvalue weighted by molar-refractivity contribution is -0.151. The molecule has 146 valence electrons. The van der Waals surface area contributed by atoms with Gasteiger partial charge < -0.3 is 14.5 Å². The van der Waals surface area contributed by atoms with Gasteiger partial charge in [-0.05, 0) is 50.8 Å². The number of esters is 1. The molecule has 0 spiro atoms. The minimum absolute atomic E-state index is 0.00171. The summed E-state index contributed by atoms with van der Waals surface area (Å²) in [7, 11) is 0. The van der Waals surface area contributed by atoms with Crippen LogP contribution in [0.15, 0.2) is 28.7 Å². The molecule has 1 atom stereocenters. The molecule has 0 bridgehead atoms. The predicted octanol–water partition coefficient (Wildman–Crippen LogP) is 2.86. The second-order valence-electron chi connectivity index (χ2n) is 7.02. The number of rotatable bonds is 4. The highest BCUT2D eigenvalue weighted by Crippen LogP contribution is 2.26. The molecule has 1 unspecified atom stereocenters. The number of hydrogen-bond acceptors (Lipinski definition) is 4. The number of amides is 2. The molecule has 1 aromatic rings. The highest BCUT2D eigenvalue weighted by molar-refractivity contribution is 9.10. The van der Waals surface area contributed by atoms with Crippen LogP contribution in [0, 0.1) is 5.92 Å². The lowest BCUT2D eigenvalue weighted by atomic mass is 9.96. The molecule has 0 aromatic heterocycles. The van der Waals surface area contributed by atoms with Gasteiger partial charge in [0.2, 0.25) is 5.91 Å². The molecule has 2 heterocycles. The third-order valence-electron chi connectivity index (χ3n) is 5.30. The summed E-state index contributed by atoms with van der Waals surface area (Å²) in [5.74, 6) is -0.402. The van der Waals surface area contributed by atoms with Gasteiger partial charge in [-0.2, -0.15) is 0 Å². The molecular formula is C20H25BrN2O4. The van der Waals surface area contributed by atoms with Crippen molar-refractivity contribution in [2.45, 2.75) is 38.6 Å². The van der Waals surface area contributed by atoms with Crippen molar-refractivity contribution in [1.29, 1.82) is 0 Å². The van der Waals surface area contributed by atoms with Gasteiger partial charge in [0.1, 0.15) is 6.04 Å². The first kappa shape index (κ1) is 19.9. The van der Waals surface area contributed by atoms with E-state index in [9.17, 15) is 14.4 Å². The van der Waals surface area contributed by atoms with Crippen LogP contribution in [0.3, 0.4) is 0 Å². The molecule has 0 N–H and O–H groups in total. The SMILES string of the molecule is CCOC(=O)C1CCN(C(=O)C2CCCN2C(=O)c2cccc(Br)c2)CC1. The van der Waals surface area contributed by atoms with Gasteiger partial charge in [0, 0.05) is 29.7 Å². The lowest BCUT2D eigenvalue weighted by Gasteiger charge is -2.34. The quantitative estimate of drug-likeness (QED) is 0.680. The van der Waals surface area contributed by atoms with Crippen molar-refractivity contribution in [1.82, 2.24) is 9.80 Å². The third kappa shape index (κ3) is 4.51. The fourth-order valence-corrected chi connectivity index (χ4v) is 4.26. The van der Waals surface area contributed by atoms with E-state index in [1.807, 2.05) is 12.1 Å². The van der Waals surface area contributed by atoms with Crippen LogP contribution in [0.1, 0.15) is 43.0 Å². The Morgan fingerprint density at radius 3 is 2.56 bits per heavy atom. The zero-order chi connectivity index (χ0) is 19.4. The summed E-state index contributed by atoms with van der Waals surface area (Å²) in [6.45, 7) is 3.86. The van der Waals surface area contributed by atoms with Gasteiger partial charge in [-0.3, -0.25) is 14.4 Å². The molecule has 2 aliphatic heterocycles. The Bertz CT molecular complexity index is 716. The fourth-order valence-electron chi connectivity index (χ4n) is 3.86. The van der Waals surface area contributed by atoms with Gasteiger partial charge >= 0.3 is 5.97 Å². The number of benzene rings is 1. The summed E-state index contributed by atoms with van der Waals surface area (Å²) in [4.78, 5) is 41.3. The number of nitrogens with zero attached hydrogens (tertiary/aromatic N) is 2. The molecule has 0 aliphatic carbocycles. The van der Waals surface area contributed by atoms with Gasteiger partial charge in [-0.1, -0.05) is 22.0 Å². The van der Waals surface area contributed by atoms with Crippen LogP contribution in [0.25, 0.3) is 0 Å². The van der Waals surface area contributed by atoms with E-state index in [1.165, 1.54) is 0 Å². The van der Waals surface area contributed by atoms with Crippen LogP contribution in [-0.4, -0.2) is 59.9 Å². The maximum absolute atomic E-state index is 13.0. The number of likely N-dealkylation sites (tertiary alicyclic amines) is 2. The second kappa shape index (κ2) is 8.87. The molecule has 7 heteroatoms. The molecule has 1 aromatic carbocycles. The number of halogens is 1. The minimum Gasteiger partial charge on any atom is -0.466 e. The van der Waals surface area contributed by atoms with Crippen LogP contribution in [0.2, 0.25) is 0 Å². The molecule has 3 rings (SSSR count). The maximum Gasteiger partial charge on any atom is 0.309 e. The monoisotopic (exact) mass is 436 g/mol. The van der Waals surface area contributed by atoms with E-state index in [2.05, 4.69) is 15.9 Å². The maximum atomic E-state index is 13.0. The van der Waals surface area contributed by atoms with Crippen molar-refractivity contribution >= 4 is 33.7 Å². The van der Waals surface area contributed by atoms with Gasteiger partial charge in [0.15, 0.2) is 0 Å². The highest BCUT2D eigenvalue weighted by atomic mass is 79.9. The number of carbonyl (C=O) groups excluding carboxylic acids is 3. The molecule has 2 amide bonds. The highest BCUT2D eigenvalue weighted by Gasteiger charge is 2.38. The average Bonchev–Trinajstić information content (AvgIpc) is 3.17. The van der Waals surface area contributed by atoms with Crippen LogP contribution < -0.4 is 0 Å². The smallest absolute Gasteiger partial charge is 0.309 e. The van der Waals surface area contributed by atoms with E-state index in [1.54, 1.807) is 28.9 Å². The number of hydrogen-bond donors (Lipinski definition) is 0. The van der Waals surface area contributed by atoms with Gasteiger partial charge in [-0.15, -0.1) is 0 Å². The Hall–Kier alpha value is -1.89. The summed E-state index contributed by atoms with van der Waals surface area (Å²) >= 11 is 3.39. The first-order chi connectivity index (χ1) is 13.0. The largest absolute Gasteiger partial charge is 0.466 e. The van der Waals surface area contributed by atoms with Gasteiger partial charge in [-0.25, -0.2) is 0 Å². The molecular weight excluding hydrogens is 412 g/mol. The zero-order valence-electron chi connectivity index (χ0n) is 15.5. The number of ether oxygens (including phenoxy) is 1. The summed E-state index contributed by atoms with van der Waals surface area (Å²) in [6.07, 6.45) is 2.76. The summed E-state index contributed by atoms with van der Waals surface area (Å²) in [5.41, 5.74) is 0.588. The Morgan fingerprint density at radius 1 is 1.15 bits per heavy atom. The van der Waals surface area contributed by atoms with E-state index < -0.39 is 6.04 Å². The van der Waals surface area contributed by atoms with Crippen molar-refractivity contribution in [3.05, 3.63) is 34.3 Å². The lowest BCUT2D eigenvalue weighted by Crippen LogP contribution is -2.50. The van der Waals surface area contributed by atoms with Crippen molar-refractivity contribution < 1.29 is 19.1 Å². The predicted molar refractivity (Wildman–Crippen MR) is 104 cm³/mol. The molecule has 2 aliphatic rings. The van der Waals surface area contributed by atoms with Gasteiger partial charge in [0.25, 0.3) is 5.91 Å². The Labute approximate surface area is 168 Å². The first-order valence-electron chi connectivity index (χ1n) is 9.53. The summed E-state index contributed by atoms with van der Waals surface area (Å²) in [5, 5.41) is 0. The fraction of sp³-hybridized carbons (Fsp3) is 0.550. The van der Waals surface area contributed by atoms with E-state index in [-0.39, 0.29) is 23.7 Å². The molecule has 27 heavy (non-hydrogen) atoms. The van der Waals surface area contributed by atoms with E-state index >= 15 is 0 Å². The molecule has 2 fully saturated rings. The second-order valence-corrected chi connectivity index (χ2v) is 7.93. The normalized spacial score (nSPS) is 20.6. The Kier molecular flexibility index (Phi) is 6.52. The Morgan fingerprint density at radius 2 is 1.89 bits per heavy atom. The summed E-state index contributed by atoms with van der Waals surface area (Å²) < 4.78 is 5.93. The van der Waals surface area contributed by atoms with E-state index in [0.717, 1.165) is 10.9 Å². The van der Waals surface area contributed by atoms with Crippen LogP contribution in [0.5, 0.6) is 0 Å². The van der Waals surface area contributed by atoms with Gasteiger partial charge in [0.05, 0.1) is 12.5 Å². The third-order valence-corrected chi connectivity index (χ3v) is 5.79. The molecule has 2 saturated heterocycles. The minimum atomic E-state index is -0.407.